The summed E-state index contributed by atoms with van der Waals surface area (Å²) in [5, 5.41) is 12.5. The molecule has 0 aliphatic carbocycles. The van der Waals surface area contributed by atoms with Crippen molar-refractivity contribution in [2.45, 2.75) is 6.42 Å². The molecule has 0 aromatic heterocycles. The lowest BCUT2D eigenvalue weighted by Crippen LogP contribution is -2.13. The number of nitrogens with one attached hydrogen (secondary N) is 1. The number of ether oxygens (including phenoxy) is 1. The van der Waals surface area contributed by atoms with Crippen molar-refractivity contribution in [2.24, 2.45) is 0 Å². The highest BCUT2D eigenvalue weighted by molar-refractivity contribution is 9.10. The second kappa shape index (κ2) is 10.3. The lowest BCUT2D eigenvalue weighted by atomic mass is 10.0. The Balaban J connectivity index is 1.91. The largest absolute Gasteiger partial charge is 0.496 e. The highest BCUT2D eigenvalue weighted by atomic mass is 79.9. The van der Waals surface area contributed by atoms with Gasteiger partial charge in [-0.05, 0) is 47.5 Å². The molecule has 3 aromatic carbocycles. The van der Waals surface area contributed by atoms with Crippen LogP contribution >= 0.6 is 27.5 Å². The zero-order valence-corrected chi connectivity index (χ0v) is 18.8. The normalized spacial score (nSPS) is 11.0. The summed E-state index contributed by atoms with van der Waals surface area (Å²) in [5.41, 5.74) is 2.17. The number of amides is 1. The molecule has 1 amide bonds. The number of carbonyl (C=O) groups is 1. The van der Waals surface area contributed by atoms with Crippen LogP contribution < -0.4 is 10.1 Å². The van der Waals surface area contributed by atoms with Crippen LogP contribution in [0.1, 0.15) is 16.7 Å². The lowest BCUT2D eigenvalue weighted by molar-refractivity contribution is -0.112. The number of nitrogens with zero attached hydrogens (tertiary/aromatic N) is 1. The van der Waals surface area contributed by atoms with Crippen molar-refractivity contribution in [3.63, 3.8) is 0 Å². The maximum Gasteiger partial charge on any atom is 0.266 e. The van der Waals surface area contributed by atoms with E-state index in [9.17, 15) is 14.4 Å². The van der Waals surface area contributed by atoms with Crippen molar-refractivity contribution >= 4 is 45.2 Å². The molecule has 0 atom stereocenters. The molecule has 0 radical (unpaired) electrons. The van der Waals surface area contributed by atoms with Crippen molar-refractivity contribution in [3.05, 3.63) is 98.2 Å². The Morgan fingerprint density at radius 1 is 1.23 bits per heavy atom. The van der Waals surface area contributed by atoms with Crippen molar-refractivity contribution in [2.75, 3.05) is 12.4 Å². The molecule has 7 heteroatoms. The van der Waals surface area contributed by atoms with Crippen molar-refractivity contribution in [1.29, 1.82) is 5.26 Å². The van der Waals surface area contributed by atoms with Crippen LogP contribution in [0.25, 0.3) is 6.08 Å². The second-order valence-corrected chi connectivity index (χ2v) is 7.82. The van der Waals surface area contributed by atoms with Crippen LogP contribution in [0, 0.1) is 17.1 Å². The number of carbonyl (C=O) groups excluding carboxylic acids is 1. The maximum atomic E-state index is 14.1. The standard InChI is InChI=1S/C24H17BrClFN2O2/c1-31-23-12-15(11-19(25)18(23)13-16-6-2-4-8-21(16)27)10-17(14-28)24(30)29-22-9-5-3-7-20(22)26/h2-12H,13H2,1H3,(H,29,30)/b17-10+. The third-order valence-corrected chi connectivity index (χ3v) is 5.56. The first-order chi connectivity index (χ1) is 14.9. The molecule has 0 aliphatic heterocycles. The van der Waals surface area contributed by atoms with Crippen molar-refractivity contribution in [3.8, 4) is 11.8 Å². The van der Waals surface area contributed by atoms with E-state index in [0.717, 1.165) is 5.56 Å². The first-order valence-electron chi connectivity index (χ1n) is 9.20. The summed E-state index contributed by atoms with van der Waals surface area (Å²) in [6.07, 6.45) is 1.77. The van der Waals surface area contributed by atoms with Crippen LogP contribution in [-0.4, -0.2) is 13.0 Å². The molecule has 0 saturated heterocycles. The van der Waals surface area contributed by atoms with Crippen molar-refractivity contribution < 1.29 is 13.9 Å². The quantitative estimate of drug-likeness (QED) is 0.316. The van der Waals surface area contributed by atoms with Crippen LogP contribution in [0.5, 0.6) is 5.75 Å². The number of nitriles is 1. The van der Waals surface area contributed by atoms with E-state index in [0.29, 0.717) is 38.5 Å². The van der Waals surface area contributed by atoms with E-state index in [4.69, 9.17) is 16.3 Å². The maximum absolute atomic E-state index is 14.1. The molecule has 1 N–H and O–H groups in total. The fourth-order valence-electron chi connectivity index (χ4n) is 2.97. The van der Waals surface area contributed by atoms with Crippen LogP contribution in [0.2, 0.25) is 5.02 Å². The molecule has 0 spiro atoms. The first kappa shape index (κ1) is 22.5. The number of anilines is 1. The summed E-state index contributed by atoms with van der Waals surface area (Å²) >= 11 is 9.57. The van der Waals surface area contributed by atoms with Crippen LogP contribution in [0.3, 0.4) is 0 Å². The van der Waals surface area contributed by atoms with Gasteiger partial charge in [-0.1, -0.05) is 57.9 Å². The summed E-state index contributed by atoms with van der Waals surface area (Å²) in [5.74, 6) is -0.378. The molecule has 156 valence electrons. The Kier molecular flexibility index (Phi) is 7.45. The Hall–Kier alpha value is -3.14. The van der Waals surface area contributed by atoms with Gasteiger partial charge in [-0.3, -0.25) is 4.79 Å². The van der Waals surface area contributed by atoms with Gasteiger partial charge in [0, 0.05) is 16.5 Å². The summed E-state index contributed by atoms with van der Waals surface area (Å²) in [7, 11) is 1.51. The topological polar surface area (TPSA) is 62.1 Å². The number of rotatable bonds is 6. The minimum absolute atomic E-state index is 0.101. The molecule has 0 fully saturated rings. The molecule has 3 aromatic rings. The van der Waals surface area contributed by atoms with Gasteiger partial charge in [0.1, 0.15) is 23.2 Å². The summed E-state index contributed by atoms with van der Waals surface area (Å²) in [6, 6.07) is 18.6. The van der Waals surface area contributed by atoms with E-state index in [-0.39, 0.29) is 11.4 Å². The number of methoxy groups -OCH3 is 1. The third-order valence-electron chi connectivity index (χ3n) is 4.52. The molecule has 31 heavy (non-hydrogen) atoms. The first-order valence-corrected chi connectivity index (χ1v) is 10.4. The fraction of sp³-hybridized carbons (Fsp3) is 0.0833. The molecule has 0 unspecified atom stereocenters. The van der Waals surface area contributed by atoms with Crippen LogP contribution in [-0.2, 0) is 11.2 Å². The zero-order valence-electron chi connectivity index (χ0n) is 16.5. The van der Waals surface area contributed by atoms with Gasteiger partial charge >= 0.3 is 0 Å². The fourth-order valence-corrected chi connectivity index (χ4v) is 3.75. The van der Waals surface area contributed by atoms with Gasteiger partial charge in [-0.25, -0.2) is 4.39 Å². The Labute approximate surface area is 193 Å². The van der Waals surface area contributed by atoms with Gasteiger partial charge < -0.3 is 10.1 Å². The minimum Gasteiger partial charge on any atom is -0.496 e. The Morgan fingerprint density at radius 3 is 2.61 bits per heavy atom. The van der Waals surface area contributed by atoms with Gasteiger partial charge in [0.2, 0.25) is 0 Å². The summed E-state index contributed by atoms with van der Waals surface area (Å²) < 4.78 is 20.2. The SMILES string of the molecule is COc1cc(/C=C(\C#N)C(=O)Nc2ccccc2Cl)cc(Br)c1Cc1ccccc1F. The highest BCUT2D eigenvalue weighted by Gasteiger charge is 2.15. The predicted octanol–water partition coefficient (Wildman–Crippen LogP) is 6.39. The predicted molar refractivity (Wildman–Crippen MR) is 124 cm³/mol. The van der Waals surface area contributed by atoms with E-state index in [2.05, 4.69) is 21.2 Å². The van der Waals surface area contributed by atoms with E-state index >= 15 is 0 Å². The Bertz CT molecular complexity index is 1200. The molecular formula is C24H17BrClFN2O2. The van der Waals surface area contributed by atoms with Gasteiger partial charge in [0.25, 0.3) is 5.91 Å². The monoisotopic (exact) mass is 498 g/mol. The molecule has 0 bridgehead atoms. The number of hydrogen-bond donors (Lipinski definition) is 1. The summed E-state index contributed by atoms with van der Waals surface area (Å²) in [6.45, 7) is 0. The second-order valence-electron chi connectivity index (χ2n) is 6.56. The van der Waals surface area contributed by atoms with E-state index in [1.165, 1.54) is 19.3 Å². The van der Waals surface area contributed by atoms with E-state index in [1.54, 1.807) is 54.6 Å². The zero-order chi connectivity index (χ0) is 22.4. The minimum atomic E-state index is -0.582. The van der Waals surface area contributed by atoms with Crippen LogP contribution in [0.15, 0.2) is 70.7 Å². The molecular weight excluding hydrogens is 483 g/mol. The van der Waals surface area contributed by atoms with Gasteiger partial charge in [-0.2, -0.15) is 5.26 Å². The third kappa shape index (κ3) is 5.52. The number of benzene rings is 3. The number of hydrogen-bond acceptors (Lipinski definition) is 3. The average Bonchev–Trinajstić information content (AvgIpc) is 2.76. The lowest BCUT2D eigenvalue weighted by Gasteiger charge is -2.13. The van der Waals surface area contributed by atoms with Gasteiger partial charge in [0.05, 0.1) is 17.8 Å². The number of halogens is 3. The molecule has 4 nitrogen and oxygen atoms in total. The smallest absolute Gasteiger partial charge is 0.266 e. The Morgan fingerprint density at radius 2 is 1.94 bits per heavy atom. The van der Waals surface area contributed by atoms with E-state index < -0.39 is 5.91 Å². The molecule has 0 saturated carbocycles. The number of para-hydroxylation sites is 1. The van der Waals surface area contributed by atoms with Gasteiger partial charge in [-0.15, -0.1) is 0 Å². The molecule has 0 aliphatic rings. The van der Waals surface area contributed by atoms with Crippen molar-refractivity contribution in [1.82, 2.24) is 0 Å². The molecule has 3 rings (SSSR count). The average molecular weight is 500 g/mol. The molecule has 0 heterocycles. The highest BCUT2D eigenvalue weighted by Crippen LogP contribution is 2.32. The van der Waals surface area contributed by atoms with Gasteiger partial charge in [0.15, 0.2) is 0 Å². The van der Waals surface area contributed by atoms with E-state index in [1.807, 2.05) is 6.07 Å². The van der Waals surface area contributed by atoms with Crippen LogP contribution in [0.4, 0.5) is 10.1 Å². The summed E-state index contributed by atoms with van der Waals surface area (Å²) in [4.78, 5) is 12.5.